The fourth-order valence-corrected chi connectivity index (χ4v) is 1.88. The van der Waals surface area contributed by atoms with Crippen molar-refractivity contribution in [1.29, 1.82) is 0 Å². The second-order valence-corrected chi connectivity index (χ2v) is 3.80. The summed E-state index contributed by atoms with van der Waals surface area (Å²) in [6, 6.07) is 0. The molecule has 2 aromatic heterocycles. The van der Waals surface area contributed by atoms with Gasteiger partial charge in [-0.25, -0.2) is 4.79 Å². The van der Waals surface area contributed by atoms with Gasteiger partial charge in [-0.05, 0) is 6.26 Å². The normalized spacial score (nSPS) is 11.1. The molecule has 2 heterocycles. The van der Waals surface area contributed by atoms with Crippen molar-refractivity contribution < 1.29 is 0 Å². The predicted octanol–water partition coefficient (Wildman–Crippen LogP) is 0.389. The van der Waals surface area contributed by atoms with Crippen molar-refractivity contribution in [2.75, 3.05) is 6.26 Å². The van der Waals surface area contributed by atoms with Crippen LogP contribution in [0.25, 0.3) is 11.0 Å². The lowest BCUT2D eigenvalue weighted by atomic mass is 10.4. The maximum atomic E-state index is 11.4. The minimum absolute atomic E-state index is 0.263. The Morgan fingerprint density at radius 3 is 2.79 bits per heavy atom. The molecule has 0 unspecified atom stereocenters. The van der Waals surface area contributed by atoms with Crippen LogP contribution in [0.4, 0.5) is 0 Å². The maximum Gasteiger partial charge on any atom is 0.350 e. The van der Waals surface area contributed by atoms with Crippen molar-refractivity contribution in [2.45, 2.75) is 5.03 Å². The fraction of sp³-hybridized carbons (Fsp3) is 0.375. The summed E-state index contributed by atoms with van der Waals surface area (Å²) >= 11 is 1.46. The molecule has 0 amide bonds. The molecular weight excluding hydrogens is 200 g/mol. The number of aromatic nitrogens is 4. The van der Waals surface area contributed by atoms with Gasteiger partial charge in [0, 0.05) is 20.3 Å². The Hall–Kier alpha value is -1.30. The van der Waals surface area contributed by atoms with Gasteiger partial charge in [-0.3, -0.25) is 9.25 Å². The quantitative estimate of drug-likeness (QED) is 0.504. The molecule has 0 bridgehead atoms. The van der Waals surface area contributed by atoms with Gasteiger partial charge in [-0.15, -0.1) is 11.8 Å². The molecule has 2 rings (SSSR count). The van der Waals surface area contributed by atoms with Crippen molar-refractivity contribution in [3.05, 3.63) is 16.7 Å². The molecule has 0 N–H and O–H groups in total. The second kappa shape index (κ2) is 3.13. The number of rotatable bonds is 1. The number of fused-ring (bicyclic) bond motifs is 1. The Bertz CT molecular complexity index is 542. The molecule has 0 fully saturated rings. The minimum Gasteiger partial charge on any atom is -0.278 e. The molecule has 0 aliphatic rings. The Morgan fingerprint density at radius 1 is 1.43 bits per heavy atom. The Balaban J connectivity index is 2.96. The van der Waals surface area contributed by atoms with Gasteiger partial charge >= 0.3 is 5.69 Å². The highest BCUT2D eigenvalue weighted by Gasteiger charge is 2.10. The van der Waals surface area contributed by atoms with Gasteiger partial charge in [0.05, 0.1) is 5.39 Å². The summed E-state index contributed by atoms with van der Waals surface area (Å²) in [5, 5.41) is 5.86. The first kappa shape index (κ1) is 9.26. The van der Waals surface area contributed by atoms with E-state index in [-0.39, 0.29) is 5.69 Å². The molecule has 0 radical (unpaired) electrons. The monoisotopic (exact) mass is 210 g/mol. The van der Waals surface area contributed by atoms with Crippen LogP contribution in [0.3, 0.4) is 0 Å². The van der Waals surface area contributed by atoms with Gasteiger partial charge in [0.1, 0.15) is 5.03 Å². The first-order valence-corrected chi connectivity index (χ1v) is 5.30. The highest BCUT2D eigenvalue weighted by atomic mass is 32.2. The molecule has 0 saturated heterocycles. The van der Waals surface area contributed by atoms with Crippen LogP contribution in [-0.4, -0.2) is 25.6 Å². The smallest absolute Gasteiger partial charge is 0.278 e. The number of hydrogen-bond acceptors (Lipinski definition) is 4. The summed E-state index contributed by atoms with van der Waals surface area (Å²) in [6.45, 7) is 0. The van der Waals surface area contributed by atoms with Crippen molar-refractivity contribution in [3.8, 4) is 0 Å². The van der Waals surface area contributed by atoms with E-state index in [0.29, 0.717) is 5.65 Å². The topological polar surface area (TPSA) is 52.7 Å². The van der Waals surface area contributed by atoms with Crippen LogP contribution in [0.2, 0.25) is 0 Å². The summed E-state index contributed by atoms with van der Waals surface area (Å²) in [5.41, 5.74) is 0.414. The first-order valence-electron chi connectivity index (χ1n) is 4.08. The molecule has 6 heteroatoms. The molecule has 5 nitrogen and oxygen atoms in total. The first-order chi connectivity index (χ1) is 6.63. The number of thioether (sulfide) groups is 1. The van der Waals surface area contributed by atoms with Crippen molar-refractivity contribution in [2.24, 2.45) is 14.1 Å². The number of aryl methyl sites for hydroxylation is 2. The summed E-state index contributed by atoms with van der Waals surface area (Å²) in [6.07, 6.45) is 3.77. The van der Waals surface area contributed by atoms with E-state index < -0.39 is 0 Å². The van der Waals surface area contributed by atoms with Crippen molar-refractivity contribution in [3.63, 3.8) is 0 Å². The van der Waals surface area contributed by atoms with Crippen molar-refractivity contribution in [1.82, 2.24) is 19.3 Å². The zero-order valence-electron chi connectivity index (χ0n) is 8.18. The molecular formula is C8H10N4OS. The number of hydrogen-bond donors (Lipinski definition) is 0. The predicted molar refractivity (Wildman–Crippen MR) is 55.5 cm³/mol. The van der Waals surface area contributed by atoms with Gasteiger partial charge in [-0.2, -0.15) is 10.1 Å². The SMILES string of the molecule is CSc1nc(=O)n(C)c2nn(C)cc12. The third-order valence-corrected chi connectivity index (χ3v) is 2.73. The van der Waals surface area contributed by atoms with E-state index in [1.54, 1.807) is 11.7 Å². The van der Waals surface area contributed by atoms with Crippen LogP contribution >= 0.6 is 11.8 Å². The van der Waals surface area contributed by atoms with E-state index in [1.807, 2.05) is 19.5 Å². The Morgan fingerprint density at radius 2 is 2.14 bits per heavy atom. The fourth-order valence-electron chi connectivity index (χ4n) is 1.34. The van der Waals surface area contributed by atoms with Gasteiger partial charge < -0.3 is 0 Å². The zero-order chi connectivity index (χ0) is 10.3. The summed E-state index contributed by atoms with van der Waals surface area (Å²) in [4.78, 5) is 15.4. The van der Waals surface area contributed by atoms with Crippen LogP contribution in [0.5, 0.6) is 0 Å². The van der Waals surface area contributed by atoms with E-state index in [1.165, 1.54) is 16.3 Å². The van der Waals surface area contributed by atoms with Crippen LogP contribution in [0.15, 0.2) is 16.0 Å². The molecule has 0 saturated carbocycles. The summed E-state index contributed by atoms with van der Waals surface area (Å²) < 4.78 is 3.14. The average molecular weight is 210 g/mol. The lowest BCUT2D eigenvalue weighted by molar-refractivity contribution is 0.750. The molecule has 0 aliphatic heterocycles. The van der Waals surface area contributed by atoms with Gasteiger partial charge in [0.15, 0.2) is 5.65 Å². The minimum atomic E-state index is -0.263. The molecule has 0 atom stereocenters. The molecule has 2 aromatic rings. The lowest BCUT2D eigenvalue weighted by Crippen LogP contribution is -2.20. The lowest BCUT2D eigenvalue weighted by Gasteiger charge is -1.99. The average Bonchev–Trinajstić information content (AvgIpc) is 2.54. The van der Waals surface area contributed by atoms with E-state index in [0.717, 1.165) is 10.4 Å². The zero-order valence-corrected chi connectivity index (χ0v) is 9.00. The van der Waals surface area contributed by atoms with E-state index >= 15 is 0 Å². The third-order valence-electron chi connectivity index (χ3n) is 2.03. The van der Waals surface area contributed by atoms with Crippen molar-refractivity contribution >= 4 is 22.8 Å². The highest BCUT2D eigenvalue weighted by molar-refractivity contribution is 7.98. The molecule has 0 spiro atoms. The molecule has 0 aromatic carbocycles. The van der Waals surface area contributed by atoms with Crippen LogP contribution in [-0.2, 0) is 14.1 Å². The number of nitrogens with zero attached hydrogens (tertiary/aromatic N) is 4. The van der Waals surface area contributed by atoms with Crippen LogP contribution < -0.4 is 5.69 Å². The molecule has 0 aliphatic carbocycles. The van der Waals surface area contributed by atoms with Gasteiger partial charge in [0.25, 0.3) is 0 Å². The van der Waals surface area contributed by atoms with E-state index in [9.17, 15) is 4.79 Å². The maximum absolute atomic E-state index is 11.4. The van der Waals surface area contributed by atoms with Crippen LogP contribution in [0, 0.1) is 0 Å². The van der Waals surface area contributed by atoms with E-state index in [4.69, 9.17) is 0 Å². The van der Waals surface area contributed by atoms with E-state index in [2.05, 4.69) is 10.1 Å². The molecule has 74 valence electrons. The van der Waals surface area contributed by atoms with Gasteiger partial charge in [0.2, 0.25) is 0 Å². The standard InChI is InChI=1S/C8H10N4OS/c1-11-4-5-6(10-11)12(2)8(13)9-7(5)14-3/h4H,1-3H3. The largest absolute Gasteiger partial charge is 0.350 e. The van der Waals surface area contributed by atoms with Crippen LogP contribution in [0.1, 0.15) is 0 Å². The van der Waals surface area contributed by atoms with Gasteiger partial charge in [-0.1, -0.05) is 0 Å². The summed E-state index contributed by atoms with van der Waals surface area (Å²) in [5.74, 6) is 0. The third kappa shape index (κ3) is 1.22. The Labute approximate surface area is 84.7 Å². The highest BCUT2D eigenvalue weighted by Crippen LogP contribution is 2.20. The second-order valence-electron chi connectivity index (χ2n) is 3.00. The molecule has 14 heavy (non-hydrogen) atoms. The summed E-state index contributed by atoms with van der Waals surface area (Å²) in [7, 11) is 3.50. The Kier molecular flexibility index (Phi) is 2.07.